The van der Waals surface area contributed by atoms with Crippen molar-refractivity contribution in [2.45, 2.75) is 44.8 Å². The van der Waals surface area contributed by atoms with Crippen LogP contribution in [0.15, 0.2) is 0 Å². The monoisotopic (exact) mass is 286 g/mol. The van der Waals surface area contributed by atoms with Crippen molar-refractivity contribution < 1.29 is 9.53 Å². The first kappa shape index (κ1) is 15.1. The highest BCUT2D eigenvalue weighted by Gasteiger charge is 2.30. The minimum absolute atomic E-state index is 0.253. The third-order valence-corrected chi connectivity index (χ3v) is 5.16. The van der Waals surface area contributed by atoms with Crippen molar-refractivity contribution >= 4 is 17.7 Å². The third kappa shape index (κ3) is 4.36. The maximum absolute atomic E-state index is 12.5. The molecule has 0 aromatic rings. The molecule has 19 heavy (non-hydrogen) atoms. The van der Waals surface area contributed by atoms with Crippen LogP contribution >= 0.6 is 11.8 Å². The number of rotatable bonds is 6. The molecular formula is C14H26N2O2S. The summed E-state index contributed by atoms with van der Waals surface area (Å²) in [5, 5.41) is 0. The fourth-order valence-electron chi connectivity index (χ4n) is 2.73. The highest BCUT2D eigenvalue weighted by molar-refractivity contribution is 7.99. The van der Waals surface area contributed by atoms with Crippen LogP contribution in [0.4, 0.5) is 0 Å². The Morgan fingerprint density at radius 3 is 2.95 bits per heavy atom. The lowest BCUT2D eigenvalue weighted by atomic mass is 10.1. The number of hydrogen-bond acceptors (Lipinski definition) is 4. The molecule has 0 bridgehead atoms. The highest BCUT2D eigenvalue weighted by Crippen LogP contribution is 2.25. The van der Waals surface area contributed by atoms with Crippen molar-refractivity contribution in [1.82, 2.24) is 4.90 Å². The summed E-state index contributed by atoms with van der Waals surface area (Å²) >= 11 is 1.95. The van der Waals surface area contributed by atoms with Crippen LogP contribution in [-0.2, 0) is 9.53 Å². The largest absolute Gasteiger partial charge is 0.376 e. The quantitative estimate of drug-likeness (QED) is 0.803. The summed E-state index contributed by atoms with van der Waals surface area (Å²) in [4.78, 5) is 14.6. The Bertz CT molecular complexity index is 289. The van der Waals surface area contributed by atoms with E-state index in [9.17, 15) is 4.79 Å². The fourth-order valence-corrected chi connectivity index (χ4v) is 3.95. The van der Waals surface area contributed by atoms with Crippen LogP contribution < -0.4 is 5.73 Å². The normalized spacial score (nSPS) is 28.5. The summed E-state index contributed by atoms with van der Waals surface area (Å²) in [6.07, 6.45) is 4.18. The van der Waals surface area contributed by atoms with Gasteiger partial charge in [0.15, 0.2) is 0 Å². The maximum Gasteiger partial charge on any atom is 0.223 e. The molecule has 2 heterocycles. The summed E-state index contributed by atoms with van der Waals surface area (Å²) in [5.41, 5.74) is 5.64. The number of amides is 1. The number of ether oxygens (including phenoxy) is 1. The minimum atomic E-state index is 0.253. The molecule has 1 amide bonds. The molecule has 110 valence electrons. The molecule has 2 saturated heterocycles. The average molecular weight is 286 g/mol. The van der Waals surface area contributed by atoms with E-state index >= 15 is 0 Å². The van der Waals surface area contributed by atoms with Gasteiger partial charge in [-0.25, -0.2) is 0 Å². The molecule has 2 rings (SSSR count). The molecule has 0 aromatic carbocycles. The lowest BCUT2D eigenvalue weighted by Gasteiger charge is -2.31. The molecule has 2 N–H and O–H groups in total. The lowest BCUT2D eigenvalue weighted by molar-refractivity contribution is -0.135. The number of hydrogen-bond donors (Lipinski definition) is 1. The molecule has 0 aliphatic carbocycles. The molecular weight excluding hydrogens is 260 g/mol. The second kappa shape index (κ2) is 7.50. The smallest absolute Gasteiger partial charge is 0.223 e. The summed E-state index contributed by atoms with van der Waals surface area (Å²) < 4.78 is 5.70. The number of nitrogens with zero attached hydrogens (tertiary/aromatic N) is 1. The van der Waals surface area contributed by atoms with Crippen LogP contribution in [0.1, 0.15) is 32.6 Å². The van der Waals surface area contributed by atoms with E-state index in [2.05, 4.69) is 4.90 Å². The van der Waals surface area contributed by atoms with Gasteiger partial charge in [0, 0.05) is 31.4 Å². The zero-order valence-corrected chi connectivity index (χ0v) is 12.7. The number of carbonyl (C=O) groups excluding carboxylic acids is 1. The van der Waals surface area contributed by atoms with Gasteiger partial charge < -0.3 is 15.4 Å². The van der Waals surface area contributed by atoms with Crippen LogP contribution in [0.2, 0.25) is 0 Å². The van der Waals surface area contributed by atoms with Gasteiger partial charge in [-0.15, -0.1) is 0 Å². The van der Waals surface area contributed by atoms with Gasteiger partial charge in [0.25, 0.3) is 0 Å². The summed E-state index contributed by atoms with van der Waals surface area (Å²) in [7, 11) is 0. The minimum Gasteiger partial charge on any atom is -0.376 e. The van der Waals surface area contributed by atoms with Crippen molar-refractivity contribution in [2.24, 2.45) is 11.7 Å². The SMILES string of the molecule is CC(CN)CC(=O)N(CC1CCCO1)C1CCSC1. The van der Waals surface area contributed by atoms with E-state index < -0.39 is 0 Å². The fraction of sp³-hybridized carbons (Fsp3) is 0.929. The predicted molar refractivity (Wildman–Crippen MR) is 79.3 cm³/mol. The summed E-state index contributed by atoms with van der Waals surface area (Å²) in [6.45, 7) is 4.26. The molecule has 2 aliphatic heterocycles. The van der Waals surface area contributed by atoms with E-state index in [0.29, 0.717) is 19.0 Å². The Morgan fingerprint density at radius 2 is 2.37 bits per heavy atom. The molecule has 2 fully saturated rings. The van der Waals surface area contributed by atoms with E-state index in [4.69, 9.17) is 10.5 Å². The molecule has 0 saturated carbocycles. The van der Waals surface area contributed by atoms with Gasteiger partial charge in [0.05, 0.1) is 6.10 Å². The highest BCUT2D eigenvalue weighted by atomic mass is 32.2. The molecule has 5 heteroatoms. The van der Waals surface area contributed by atoms with Gasteiger partial charge in [-0.2, -0.15) is 11.8 Å². The van der Waals surface area contributed by atoms with E-state index in [-0.39, 0.29) is 17.9 Å². The second-order valence-electron chi connectivity index (χ2n) is 5.74. The Morgan fingerprint density at radius 1 is 1.53 bits per heavy atom. The van der Waals surface area contributed by atoms with E-state index in [1.165, 1.54) is 5.75 Å². The van der Waals surface area contributed by atoms with Crippen molar-refractivity contribution in [3.05, 3.63) is 0 Å². The molecule has 2 aliphatic rings. The van der Waals surface area contributed by atoms with Crippen LogP contribution in [-0.4, -0.2) is 54.2 Å². The summed E-state index contributed by atoms with van der Waals surface area (Å²) in [6, 6.07) is 0.409. The van der Waals surface area contributed by atoms with E-state index in [1.807, 2.05) is 18.7 Å². The number of nitrogens with two attached hydrogens (primary N) is 1. The Kier molecular flexibility index (Phi) is 5.98. The topological polar surface area (TPSA) is 55.6 Å². The first-order chi connectivity index (χ1) is 9.20. The molecule has 0 aromatic heterocycles. The van der Waals surface area contributed by atoms with Crippen LogP contribution in [0.3, 0.4) is 0 Å². The molecule has 3 unspecified atom stereocenters. The van der Waals surface area contributed by atoms with E-state index in [0.717, 1.165) is 38.2 Å². The van der Waals surface area contributed by atoms with Crippen LogP contribution in [0.5, 0.6) is 0 Å². The van der Waals surface area contributed by atoms with Gasteiger partial charge in [-0.1, -0.05) is 6.92 Å². The number of thioether (sulfide) groups is 1. The van der Waals surface area contributed by atoms with Crippen molar-refractivity contribution in [2.75, 3.05) is 31.2 Å². The summed E-state index contributed by atoms with van der Waals surface area (Å²) in [5.74, 6) is 2.79. The molecule has 3 atom stereocenters. The Balaban J connectivity index is 1.93. The van der Waals surface area contributed by atoms with Crippen LogP contribution in [0.25, 0.3) is 0 Å². The zero-order chi connectivity index (χ0) is 13.7. The average Bonchev–Trinajstić information content (AvgIpc) is 3.08. The third-order valence-electron chi connectivity index (χ3n) is 4.02. The van der Waals surface area contributed by atoms with Gasteiger partial charge >= 0.3 is 0 Å². The zero-order valence-electron chi connectivity index (χ0n) is 11.8. The molecule has 0 radical (unpaired) electrons. The molecule has 0 spiro atoms. The van der Waals surface area contributed by atoms with Gasteiger partial charge in [0.1, 0.15) is 0 Å². The number of carbonyl (C=O) groups is 1. The first-order valence-electron chi connectivity index (χ1n) is 7.39. The maximum atomic E-state index is 12.5. The van der Waals surface area contributed by atoms with Gasteiger partial charge in [-0.05, 0) is 37.5 Å². The Hall–Kier alpha value is -0.260. The van der Waals surface area contributed by atoms with Crippen molar-refractivity contribution in [3.8, 4) is 0 Å². The van der Waals surface area contributed by atoms with Crippen molar-refractivity contribution in [1.29, 1.82) is 0 Å². The van der Waals surface area contributed by atoms with Gasteiger partial charge in [-0.3, -0.25) is 4.79 Å². The predicted octanol–water partition coefficient (Wildman–Crippen LogP) is 1.48. The lowest BCUT2D eigenvalue weighted by Crippen LogP contribution is -2.45. The van der Waals surface area contributed by atoms with Crippen molar-refractivity contribution in [3.63, 3.8) is 0 Å². The standard InChI is InChI=1S/C14H26N2O2S/c1-11(8-15)7-14(17)16(12-4-6-19-10-12)9-13-3-2-5-18-13/h11-13H,2-10,15H2,1H3. The molecule has 4 nitrogen and oxygen atoms in total. The first-order valence-corrected chi connectivity index (χ1v) is 8.55. The van der Waals surface area contributed by atoms with E-state index in [1.54, 1.807) is 0 Å². The second-order valence-corrected chi connectivity index (χ2v) is 6.89. The Labute approximate surface area is 120 Å². The van der Waals surface area contributed by atoms with Gasteiger partial charge in [0.2, 0.25) is 5.91 Å². The van der Waals surface area contributed by atoms with Crippen LogP contribution in [0, 0.1) is 5.92 Å².